The fourth-order valence-corrected chi connectivity index (χ4v) is 4.21. The summed E-state index contributed by atoms with van der Waals surface area (Å²) in [5.41, 5.74) is 7.42. The normalized spacial score (nSPS) is 11.8. The minimum absolute atomic E-state index is 0.286. The van der Waals surface area contributed by atoms with E-state index in [4.69, 9.17) is 4.74 Å². The zero-order chi connectivity index (χ0) is 23.0. The molecule has 33 heavy (non-hydrogen) atoms. The Kier molecular flexibility index (Phi) is 7.57. The fourth-order valence-electron chi connectivity index (χ4n) is 4.21. The van der Waals surface area contributed by atoms with Gasteiger partial charge in [0.25, 0.3) is 0 Å². The van der Waals surface area contributed by atoms with Gasteiger partial charge in [0, 0.05) is 0 Å². The standard InChI is InChI=1S/C31H31FO/c1-3-33-31-20-15-26(22-30(31)32)10-9-24-11-16-28(17-12-24)29-18-13-25(14-19-29)21-23(2)27-7-5-4-6-8-27/h4-8,11-20,22-23H,3,9-10,21H2,1-2H3. The molecule has 1 nitrogen and oxygen atoms in total. The maximum atomic E-state index is 14.1. The van der Waals surface area contributed by atoms with Crippen molar-refractivity contribution in [2.45, 2.75) is 39.0 Å². The molecule has 0 fully saturated rings. The Morgan fingerprint density at radius 2 is 1.27 bits per heavy atom. The number of hydrogen-bond acceptors (Lipinski definition) is 1. The van der Waals surface area contributed by atoms with Crippen LogP contribution in [0.2, 0.25) is 0 Å². The third-order valence-corrected chi connectivity index (χ3v) is 6.15. The number of ether oxygens (including phenoxy) is 1. The molecule has 1 atom stereocenters. The van der Waals surface area contributed by atoms with Crippen LogP contribution in [-0.2, 0) is 19.3 Å². The van der Waals surface area contributed by atoms with Gasteiger partial charge < -0.3 is 4.74 Å². The van der Waals surface area contributed by atoms with Crippen molar-refractivity contribution < 1.29 is 9.13 Å². The zero-order valence-corrected chi connectivity index (χ0v) is 19.4. The van der Waals surface area contributed by atoms with Gasteiger partial charge in [-0.1, -0.05) is 91.9 Å². The van der Waals surface area contributed by atoms with E-state index in [0.717, 1.165) is 24.8 Å². The van der Waals surface area contributed by atoms with Crippen LogP contribution in [-0.4, -0.2) is 6.61 Å². The molecule has 2 heteroatoms. The first-order valence-corrected chi connectivity index (χ1v) is 11.8. The summed E-state index contributed by atoms with van der Waals surface area (Å²) < 4.78 is 19.3. The number of halogens is 1. The van der Waals surface area contributed by atoms with E-state index in [1.807, 2.05) is 13.0 Å². The van der Waals surface area contributed by atoms with E-state index in [1.54, 1.807) is 12.1 Å². The van der Waals surface area contributed by atoms with Gasteiger partial charge in [-0.05, 0) is 77.6 Å². The van der Waals surface area contributed by atoms with Crippen molar-refractivity contribution in [3.05, 3.63) is 125 Å². The molecule has 0 aliphatic heterocycles. The maximum absolute atomic E-state index is 14.1. The molecule has 1 unspecified atom stereocenters. The van der Waals surface area contributed by atoms with Crippen molar-refractivity contribution in [3.8, 4) is 16.9 Å². The highest BCUT2D eigenvalue weighted by Crippen LogP contribution is 2.25. The summed E-state index contributed by atoms with van der Waals surface area (Å²) in [6, 6.07) is 33.5. The molecule has 0 heterocycles. The predicted octanol–water partition coefficient (Wildman–Crippen LogP) is 8.02. The summed E-state index contributed by atoms with van der Waals surface area (Å²) in [6.07, 6.45) is 2.72. The molecule has 0 saturated heterocycles. The van der Waals surface area contributed by atoms with Crippen molar-refractivity contribution in [3.63, 3.8) is 0 Å². The van der Waals surface area contributed by atoms with Crippen LogP contribution < -0.4 is 4.74 Å². The second-order valence-electron chi connectivity index (χ2n) is 8.61. The van der Waals surface area contributed by atoms with Crippen molar-refractivity contribution in [2.24, 2.45) is 0 Å². The first-order valence-electron chi connectivity index (χ1n) is 11.8. The van der Waals surface area contributed by atoms with Crippen molar-refractivity contribution in [1.29, 1.82) is 0 Å². The van der Waals surface area contributed by atoms with Gasteiger partial charge >= 0.3 is 0 Å². The molecule has 0 amide bonds. The van der Waals surface area contributed by atoms with E-state index in [-0.39, 0.29) is 5.82 Å². The van der Waals surface area contributed by atoms with Gasteiger partial charge in [0.15, 0.2) is 11.6 Å². The van der Waals surface area contributed by atoms with E-state index >= 15 is 0 Å². The van der Waals surface area contributed by atoms with Crippen molar-refractivity contribution in [2.75, 3.05) is 6.61 Å². The molecule has 0 aliphatic rings. The molecule has 168 valence electrons. The minimum atomic E-state index is -0.286. The molecule has 0 aromatic heterocycles. The summed E-state index contributed by atoms with van der Waals surface area (Å²) in [5.74, 6) is 0.539. The first-order chi connectivity index (χ1) is 16.1. The maximum Gasteiger partial charge on any atom is 0.165 e. The van der Waals surface area contributed by atoms with Crippen LogP contribution in [0.4, 0.5) is 4.39 Å². The van der Waals surface area contributed by atoms with Gasteiger partial charge in [-0.2, -0.15) is 0 Å². The van der Waals surface area contributed by atoms with Gasteiger partial charge in [0.2, 0.25) is 0 Å². The van der Waals surface area contributed by atoms with Gasteiger partial charge in [-0.15, -0.1) is 0 Å². The smallest absolute Gasteiger partial charge is 0.165 e. The highest BCUT2D eigenvalue weighted by atomic mass is 19.1. The lowest BCUT2D eigenvalue weighted by molar-refractivity contribution is 0.321. The molecule has 0 aliphatic carbocycles. The summed E-state index contributed by atoms with van der Waals surface area (Å²) in [6.45, 7) is 4.61. The third kappa shape index (κ3) is 6.10. The quantitative estimate of drug-likeness (QED) is 0.257. The Bertz CT molecular complexity index is 1150. The predicted molar refractivity (Wildman–Crippen MR) is 135 cm³/mol. The summed E-state index contributed by atoms with van der Waals surface area (Å²) >= 11 is 0. The average Bonchev–Trinajstić information content (AvgIpc) is 2.86. The number of aryl methyl sites for hydroxylation is 2. The molecular formula is C31H31FO. The van der Waals surface area contributed by atoms with Gasteiger partial charge in [-0.25, -0.2) is 4.39 Å². The first kappa shape index (κ1) is 22.8. The van der Waals surface area contributed by atoms with Crippen LogP contribution >= 0.6 is 0 Å². The monoisotopic (exact) mass is 438 g/mol. The highest BCUT2D eigenvalue weighted by molar-refractivity contribution is 5.64. The number of rotatable bonds is 9. The van der Waals surface area contributed by atoms with E-state index in [1.165, 1.54) is 27.8 Å². The molecule has 0 radical (unpaired) electrons. The highest BCUT2D eigenvalue weighted by Gasteiger charge is 2.07. The van der Waals surface area contributed by atoms with Crippen molar-refractivity contribution >= 4 is 0 Å². The SMILES string of the molecule is CCOc1ccc(CCc2ccc(-c3ccc(CC(C)c4ccccc4)cc3)cc2)cc1F. The topological polar surface area (TPSA) is 9.23 Å². The van der Waals surface area contributed by atoms with Gasteiger partial charge in [-0.3, -0.25) is 0 Å². The van der Waals surface area contributed by atoms with E-state index < -0.39 is 0 Å². The number of hydrogen-bond donors (Lipinski definition) is 0. The molecule has 0 spiro atoms. The van der Waals surface area contributed by atoms with Crippen LogP contribution in [0.15, 0.2) is 97.1 Å². The lowest BCUT2D eigenvalue weighted by atomic mass is 9.93. The molecule has 0 saturated carbocycles. The van der Waals surface area contributed by atoms with Crippen LogP contribution in [0.5, 0.6) is 5.75 Å². The summed E-state index contributed by atoms with van der Waals surface area (Å²) in [7, 11) is 0. The second-order valence-corrected chi connectivity index (χ2v) is 8.61. The Morgan fingerprint density at radius 3 is 1.88 bits per heavy atom. The Hall–Kier alpha value is -3.39. The molecule has 4 rings (SSSR count). The molecule has 4 aromatic rings. The summed E-state index contributed by atoms with van der Waals surface area (Å²) in [4.78, 5) is 0. The van der Waals surface area contributed by atoms with Gasteiger partial charge in [0.1, 0.15) is 0 Å². The van der Waals surface area contributed by atoms with Crippen LogP contribution in [0, 0.1) is 5.82 Å². The van der Waals surface area contributed by atoms with Crippen LogP contribution in [0.1, 0.15) is 42.0 Å². The van der Waals surface area contributed by atoms with E-state index in [2.05, 4.69) is 85.8 Å². The van der Waals surface area contributed by atoms with Gasteiger partial charge in [0.05, 0.1) is 6.61 Å². The molecular weight excluding hydrogens is 407 g/mol. The Morgan fingerprint density at radius 1 is 0.697 bits per heavy atom. The second kappa shape index (κ2) is 11.0. The largest absolute Gasteiger partial charge is 0.491 e. The third-order valence-electron chi connectivity index (χ3n) is 6.15. The zero-order valence-electron chi connectivity index (χ0n) is 19.4. The summed E-state index contributed by atoms with van der Waals surface area (Å²) in [5, 5.41) is 0. The molecule has 4 aromatic carbocycles. The van der Waals surface area contributed by atoms with Crippen molar-refractivity contribution in [1.82, 2.24) is 0 Å². The minimum Gasteiger partial charge on any atom is -0.491 e. The Balaban J connectivity index is 1.34. The van der Waals surface area contributed by atoms with E-state index in [0.29, 0.717) is 18.3 Å². The lowest BCUT2D eigenvalue weighted by Gasteiger charge is -2.12. The number of benzene rings is 4. The fraction of sp³-hybridized carbons (Fsp3) is 0.226. The van der Waals surface area contributed by atoms with Crippen LogP contribution in [0.3, 0.4) is 0 Å². The molecule has 0 N–H and O–H groups in total. The molecule has 0 bridgehead atoms. The van der Waals surface area contributed by atoms with E-state index in [9.17, 15) is 4.39 Å². The Labute approximate surface area is 196 Å². The average molecular weight is 439 g/mol. The van der Waals surface area contributed by atoms with Crippen LogP contribution in [0.25, 0.3) is 11.1 Å². The lowest BCUT2D eigenvalue weighted by Crippen LogP contribution is -1.98.